The summed E-state index contributed by atoms with van der Waals surface area (Å²) in [6.07, 6.45) is 4.04. The van der Waals surface area contributed by atoms with Crippen molar-refractivity contribution in [2.24, 2.45) is 11.3 Å². The van der Waals surface area contributed by atoms with E-state index in [1.165, 1.54) is 19.3 Å². The minimum atomic E-state index is 0.531. The molecule has 1 unspecified atom stereocenters. The summed E-state index contributed by atoms with van der Waals surface area (Å²) in [4.78, 5) is 0. The molecule has 1 aliphatic heterocycles. The van der Waals surface area contributed by atoms with Crippen molar-refractivity contribution in [3.63, 3.8) is 0 Å². The minimum Gasteiger partial charge on any atom is -0.380 e. The Hall–Kier alpha value is -0.0400. The van der Waals surface area contributed by atoms with Crippen LogP contribution in [0.2, 0.25) is 0 Å². The maximum Gasteiger partial charge on any atom is 0.0542 e. The van der Waals surface area contributed by atoms with Crippen molar-refractivity contribution in [2.45, 2.75) is 40.0 Å². The summed E-state index contributed by atoms with van der Waals surface area (Å²) in [5.74, 6) is 0.896. The molecule has 0 saturated carbocycles. The van der Waals surface area contributed by atoms with Gasteiger partial charge < -0.3 is 4.74 Å². The van der Waals surface area contributed by atoms with Crippen LogP contribution in [0.3, 0.4) is 0 Å². The normalized spacial score (nSPS) is 24.3. The van der Waals surface area contributed by atoms with E-state index in [4.69, 9.17) is 4.74 Å². The quantitative estimate of drug-likeness (QED) is 0.608. The summed E-state index contributed by atoms with van der Waals surface area (Å²) in [6.45, 7) is 8.92. The van der Waals surface area contributed by atoms with Gasteiger partial charge in [-0.3, -0.25) is 0 Å². The topological polar surface area (TPSA) is 9.23 Å². The summed E-state index contributed by atoms with van der Waals surface area (Å²) in [5.41, 5.74) is 0.531. The van der Waals surface area contributed by atoms with Crippen LogP contribution in [0.4, 0.5) is 0 Å². The third-order valence-corrected chi connectivity index (χ3v) is 2.84. The molecular formula is C10H20O. The van der Waals surface area contributed by atoms with E-state index in [2.05, 4.69) is 20.8 Å². The molecular weight excluding hydrogens is 136 g/mol. The molecule has 1 aliphatic rings. The van der Waals surface area contributed by atoms with E-state index in [9.17, 15) is 0 Å². The van der Waals surface area contributed by atoms with Crippen molar-refractivity contribution >= 4 is 0 Å². The number of hydrogen-bond acceptors (Lipinski definition) is 1. The van der Waals surface area contributed by atoms with Crippen LogP contribution >= 0.6 is 0 Å². The highest BCUT2D eigenvalue weighted by Gasteiger charge is 2.32. The van der Waals surface area contributed by atoms with Crippen molar-refractivity contribution < 1.29 is 4.74 Å². The highest BCUT2D eigenvalue weighted by molar-refractivity contribution is 4.80. The third kappa shape index (κ3) is 2.48. The highest BCUT2D eigenvalue weighted by Crippen LogP contribution is 2.33. The van der Waals surface area contributed by atoms with Gasteiger partial charge in [-0.05, 0) is 12.3 Å². The molecule has 1 nitrogen and oxygen atoms in total. The first kappa shape index (κ1) is 9.05. The standard InChI is InChI=1S/C10H20O/c1-4-9(2)5-6-10(3)7-11-8-10/h9H,4-8H2,1-3H3. The Bertz CT molecular complexity index is 116. The molecule has 11 heavy (non-hydrogen) atoms. The van der Waals surface area contributed by atoms with E-state index in [0.717, 1.165) is 19.1 Å². The summed E-state index contributed by atoms with van der Waals surface area (Å²) >= 11 is 0. The molecule has 0 radical (unpaired) electrons. The lowest BCUT2D eigenvalue weighted by Crippen LogP contribution is -2.39. The van der Waals surface area contributed by atoms with Crippen molar-refractivity contribution in [1.29, 1.82) is 0 Å². The smallest absolute Gasteiger partial charge is 0.0542 e. The molecule has 1 fully saturated rings. The summed E-state index contributed by atoms with van der Waals surface area (Å²) in [6, 6.07) is 0. The van der Waals surface area contributed by atoms with Gasteiger partial charge in [0.05, 0.1) is 13.2 Å². The van der Waals surface area contributed by atoms with Crippen molar-refractivity contribution in [3.8, 4) is 0 Å². The van der Waals surface area contributed by atoms with Crippen molar-refractivity contribution in [1.82, 2.24) is 0 Å². The lowest BCUT2D eigenvalue weighted by molar-refractivity contribution is -0.107. The van der Waals surface area contributed by atoms with Crippen LogP contribution in [0.1, 0.15) is 40.0 Å². The molecule has 1 atom stereocenters. The van der Waals surface area contributed by atoms with Gasteiger partial charge in [0.25, 0.3) is 0 Å². The van der Waals surface area contributed by atoms with Crippen LogP contribution in [-0.4, -0.2) is 13.2 Å². The molecule has 0 amide bonds. The summed E-state index contributed by atoms with van der Waals surface area (Å²) < 4.78 is 5.20. The Morgan fingerprint density at radius 2 is 2.09 bits per heavy atom. The molecule has 0 bridgehead atoms. The van der Waals surface area contributed by atoms with Crippen molar-refractivity contribution in [3.05, 3.63) is 0 Å². The van der Waals surface area contributed by atoms with E-state index in [-0.39, 0.29) is 0 Å². The molecule has 0 spiro atoms. The first-order chi connectivity index (χ1) is 5.16. The molecule has 0 aromatic heterocycles. The van der Waals surface area contributed by atoms with Gasteiger partial charge in [0.1, 0.15) is 0 Å². The van der Waals surface area contributed by atoms with E-state index in [0.29, 0.717) is 5.41 Å². The fourth-order valence-corrected chi connectivity index (χ4v) is 1.39. The van der Waals surface area contributed by atoms with E-state index >= 15 is 0 Å². The maximum absolute atomic E-state index is 5.20. The molecule has 1 heteroatoms. The second-order valence-electron chi connectivity index (χ2n) is 4.36. The predicted octanol–water partition coefficient (Wildman–Crippen LogP) is 2.85. The van der Waals surface area contributed by atoms with Crippen molar-refractivity contribution in [2.75, 3.05) is 13.2 Å². The first-order valence-electron chi connectivity index (χ1n) is 4.74. The fourth-order valence-electron chi connectivity index (χ4n) is 1.39. The molecule has 1 rings (SSSR count). The van der Waals surface area contributed by atoms with Crippen LogP contribution in [0.25, 0.3) is 0 Å². The van der Waals surface area contributed by atoms with Gasteiger partial charge in [0, 0.05) is 5.41 Å². The zero-order valence-corrected chi connectivity index (χ0v) is 8.02. The Morgan fingerprint density at radius 1 is 1.45 bits per heavy atom. The molecule has 1 heterocycles. The zero-order valence-electron chi connectivity index (χ0n) is 8.02. The SMILES string of the molecule is CCC(C)CCC1(C)COC1. The van der Waals surface area contributed by atoms with Crippen LogP contribution < -0.4 is 0 Å². The fraction of sp³-hybridized carbons (Fsp3) is 1.00. The average Bonchev–Trinajstić information content (AvgIpc) is 1.96. The van der Waals surface area contributed by atoms with Crippen LogP contribution in [0.15, 0.2) is 0 Å². The van der Waals surface area contributed by atoms with Gasteiger partial charge >= 0.3 is 0 Å². The highest BCUT2D eigenvalue weighted by atomic mass is 16.5. The second kappa shape index (κ2) is 3.57. The Labute approximate surface area is 70.1 Å². The summed E-state index contributed by atoms with van der Waals surface area (Å²) in [5, 5.41) is 0. The average molecular weight is 156 g/mol. The Balaban J connectivity index is 2.11. The van der Waals surface area contributed by atoms with Crippen LogP contribution in [0.5, 0.6) is 0 Å². The maximum atomic E-state index is 5.20. The third-order valence-electron chi connectivity index (χ3n) is 2.84. The van der Waals surface area contributed by atoms with Gasteiger partial charge in [0.15, 0.2) is 0 Å². The van der Waals surface area contributed by atoms with Crippen LogP contribution in [0, 0.1) is 11.3 Å². The van der Waals surface area contributed by atoms with Gasteiger partial charge in [0.2, 0.25) is 0 Å². The molecule has 0 aromatic carbocycles. The van der Waals surface area contributed by atoms with Gasteiger partial charge in [-0.25, -0.2) is 0 Å². The molecule has 0 aromatic rings. The predicted molar refractivity (Wildman–Crippen MR) is 47.6 cm³/mol. The van der Waals surface area contributed by atoms with E-state index < -0.39 is 0 Å². The second-order valence-corrected chi connectivity index (χ2v) is 4.36. The van der Waals surface area contributed by atoms with Gasteiger partial charge in [-0.2, -0.15) is 0 Å². The van der Waals surface area contributed by atoms with Gasteiger partial charge in [-0.15, -0.1) is 0 Å². The Morgan fingerprint density at radius 3 is 2.45 bits per heavy atom. The van der Waals surface area contributed by atoms with Crippen LogP contribution in [-0.2, 0) is 4.74 Å². The molecule has 1 saturated heterocycles. The molecule has 0 aliphatic carbocycles. The van der Waals surface area contributed by atoms with E-state index in [1.807, 2.05) is 0 Å². The van der Waals surface area contributed by atoms with E-state index in [1.54, 1.807) is 0 Å². The monoisotopic (exact) mass is 156 g/mol. The first-order valence-corrected chi connectivity index (χ1v) is 4.74. The number of rotatable bonds is 4. The number of ether oxygens (including phenoxy) is 1. The Kier molecular flexibility index (Phi) is 2.94. The lowest BCUT2D eigenvalue weighted by atomic mass is 9.81. The molecule has 0 N–H and O–H groups in total. The lowest BCUT2D eigenvalue weighted by Gasteiger charge is -2.38. The largest absolute Gasteiger partial charge is 0.380 e. The summed E-state index contributed by atoms with van der Waals surface area (Å²) in [7, 11) is 0. The zero-order chi connectivity index (χ0) is 8.32. The molecule has 66 valence electrons. The van der Waals surface area contributed by atoms with Gasteiger partial charge in [-0.1, -0.05) is 33.6 Å². The number of hydrogen-bond donors (Lipinski definition) is 0. The minimum absolute atomic E-state index is 0.531.